The van der Waals surface area contributed by atoms with Crippen LogP contribution in [0.25, 0.3) is 5.53 Å². The van der Waals surface area contributed by atoms with E-state index in [4.69, 9.17) is 5.53 Å². The Hall–Kier alpha value is -1.60. The van der Waals surface area contributed by atoms with Gasteiger partial charge in [-0.15, -0.1) is 10.8 Å². The molecule has 41 valence electrons. The van der Waals surface area contributed by atoms with Gasteiger partial charge in [-0.25, -0.2) is 0 Å². The summed E-state index contributed by atoms with van der Waals surface area (Å²) in [6.45, 7) is 0. The van der Waals surface area contributed by atoms with E-state index in [1.54, 1.807) is 0 Å². The Balaban J connectivity index is 2.62. The SMILES string of the molecule is [N-]=N[N][n+]1nnn[nH]1. The van der Waals surface area contributed by atoms with Crippen molar-refractivity contribution < 1.29 is 4.91 Å². The maximum atomic E-state index is 7.76. The summed E-state index contributed by atoms with van der Waals surface area (Å²) in [6, 6.07) is 0. The van der Waals surface area contributed by atoms with Crippen molar-refractivity contribution in [3.63, 3.8) is 0 Å². The van der Waals surface area contributed by atoms with Crippen molar-refractivity contribution in [2.45, 2.75) is 0 Å². The van der Waals surface area contributed by atoms with Crippen molar-refractivity contribution in [2.75, 3.05) is 0 Å². The van der Waals surface area contributed by atoms with Gasteiger partial charge in [0.05, 0.1) is 0 Å². The van der Waals surface area contributed by atoms with Crippen LogP contribution >= 0.6 is 0 Å². The number of hydrogen-bond donors (Lipinski definition) is 1. The summed E-state index contributed by atoms with van der Waals surface area (Å²) in [5.74, 6) is 0. The van der Waals surface area contributed by atoms with Gasteiger partial charge in [-0.05, 0) is 4.91 Å². The van der Waals surface area contributed by atoms with Crippen molar-refractivity contribution >= 4 is 0 Å². The van der Waals surface area contributed by atoms with Crippen LogP contribution in [0.1, 0.15) is 0 Å². The monoisotopic (exact) mass is 113 g/mol. The molecule has 0 unspecified atom stereocenters. The molecular weight excluding hydrogens is 112 g/mol. The quantitative estimate of drug-likeness (QED) is 0.267. The number of rotatable bonds is 2. The van der Waals surface area contributed by atoms with Crippen LogP contribution in [0, 0.1) is 0 Å². The highest BCUT2D eigenvalue weighted by atomic mass is 15.9. The first-order valence-corrected chi connectivity index (χ1v) is 1.65. The molecule has 0 amide bonds. The normalized spacial score (nSPS) is 8.50. The molecule has 8 heteroatoms. The van der Waals surface area contributed by atoms with Crippen molar-refractivity contribution in [1.82, 2.24) is 26.4 Å². The molecule has 8 heavy (non-hydrogen) atoms. The minimum absolute atomic E-state index is 0.792. The number of aromatic nitrogens is 5. The van der Waals surface area contributed by atoms with E-state index in [9.17, 15) is 0 Å². The smallest absolute Gasteiger partial charge is 0.173 e. The first-order chi connectivity index (χ1) is 3.93. The molecule has 0 saturated carbocycles. The van der Waals surface area contributed by atoms with Crippen LogP contribution in [0.2, 0.25) is 0 Å². The molecule has 0 aliphatic heterocycles. The fourth-order valence-electron chi connectivity index (χ4n) is 0.214. The number of aromatic amines is 1. The highest BCUT2D eigenvalue weighted by Crippen LogP contribution is 1.46. The van der Waals surface area contributed by atoms with Gasteiger partial charge >= 0.3 is 0 Å². The average Bonchev–Trinajstić information content (AvgIpc) is 2.19. The Kier molecular flexibility index (Phi) is 1.09. The first-order valence-electron chi connectivity index (χ1n) is 1.65. The van der Waals surface area contributed by atoms with Gasteiger partial charge in [0.15, 0.2) is 5.21 Å². The van der Waals surface area contributed by atoms with Crippen molar-refractivity contribution in [2.24, 2.45) is 5.22 Å². The average molecular weight is 113 g/mol. The Bertz CT molecular complexity index is 147. The standard InChI is InChI=1S/HN8/c1-2-5-8-6-3-4-7-8/h(H,3,4,6,7). The first kappa shape index (κ1) is 4.56. The molecule has 1 radical (unpaired) electrons. The molecule has 1 aromatic heterocycles. The van der Waals surface area contributed by atoms with E-state index in [0.717, 1.165) is 4.91 Å². The lowest BCUT2D eigenvalue weighted by atomic mass is 12.2. The van der Waals surface area contributed by atoms with Crippen LogP contribution in [0.15, 0.2) is 5.22 Å². The fraction of sp³-hybridized carbons (Fsp3) is 0. The maximum absolute atomic E-state index is 7.76. The summed E-state index contributed by atoms with van der Waals surface area (Å²) >= 11 is 0. The second-order valence-electron chi connectivity index (χ2n) is 0.847. The molecule has 0 bridgehead atoms. The van der Waals surface area contributed by atoms with Gasteiger partial charge < -0.3 is 0 Å². The molecule has 1 rings (SSSR count). The predicted molar refractivity (Wildman–Crippen MR) is 17.7 cm³/mol. The van der Waals surface area contributed by atoms with E-state index < -0.39 is 0 Å². The predicted octanol–water partition coefficient (Wildman–Crippen LogP) is -2.21. The topological polar surface area (TPSA) is 107 Å². The molecule has 1 aromatic rings. The van der Waals surface area contributed by atoms with Crippen LogP contribution in [-0.2, 0) is 0 Å². The second-order valence-corrected chi connectivity index (χ2v) is 0.847. The van der Waals surface area contributed by atoms with E-state index in [1.807, 2.05) is 0 Å². The Morgan fingerprint density at radius 1 is 1.62 bits per heavy atom. The van der Waals surface area contributed by atoms with Gasteiger partial charge in [0, 0.05) is 0 Å². The third kappa shape index (κ3) is 0.721. The summed E-state index contributed by atoms with van der Waals surface area (Å²) < 4.78 is 0. The van der Waals surface area contributed by atoms with Crippen LogP contribution in [0.3, 0.4) is 0 Å². The van der Waals surface area contributed by atoms with E-state index in [0.29, 0.717) is 0 Å². The molecule has 0 saturated heterocycles. The van der Waals surface area contributed by atoms with Gasteiger partial charge in [-0.2, -0.15) is 0 Å². The minimum Gasteiger partial charge on any atom is -0.288 e. The van der Waals surface area contributed by atoms with E-state index >= 15 is 0 Å². The molecule has 0 atom stereocenters. The molecule has 0 aliphatic carbocycles. The molecule has 0 fully saturated rings. The lowest BCUT2D eigenvalue weighted by Crippen LogP contribution is -2.46. The Morgan fingerprint density at radius 2 is 2.50 bits per heavy atom. The van der Waals surface area contributed by atoms with Crippen molar-refractivity contribution in [3.05, 3.63) is 5.53 Å². The summed E-state index contributed by atoms with van der Waals surface area (Å²) in [4.78, 5) is 0.792. The third-order valence-electron chi connectivity index (χ3n) is 0.428. The van der Waals surface area contributed by atoms with Gasteiger partial charge in [0.2, 0.25) is 0 Å². The fourth-order valence-corrected chi connectivity index (χ4v) is 0.214. The van der Waals surface area contributed by atoms with Gasteiger partial charge in [-0.1, -0.05) is 5.21 Å². The lowest BCUT2D eigenvalue weighted by molar-refractivity contribution is -0.840. The third-order valence-corrected chi connectivity index (χ3v) is 0.428. The summed E-state index contributed by atoms with van der Waals surface area (Å²) in [5.41, 5.74) is 10.7. The van der Waals surface area contributed by atoms with E-state index in [1.165, 1.54) is 0 Å². The summed E-state index contributed by atoms with van der Waals surface area (Å²) in [7, 11) is 0. The summed E-state index contributed by atoms with van der Waals surface area (Å²) in [6.07, 6.45) is 0. The number of nitrogens with zero attached hydrogens (tertiary/aromatic N) is 7. The van der Waals surface area contributed by atoms with Crippen LogP contribution in [0.4, 0.5) is 0 Å². The molecule has 8 nitrogen and oxygen atoms in total. The Morgan fingerprint density at radius 3 is 3.00 bits per heavy atom. The Labute approximate surface area is 43.3 Å². The molecule has 0 aliphatic rings. The van der Waals surface area contributed by atoms with Gasteiger partial charge in [0.25, 0.3) is 0 Å². The summed E-state index contributed by atoms with van der Waals surface area (Å²) in [5, 5.41) is 14.0. The zero-order valence-electron chi connectivity index (χ0n) is 3.63. The van der Waals surface area contributed by atoms with Crippen LogP contribution < -0.4 is 10.4 Å². The number of hydrogen-bond acceptors (Lipinski definition) is 4. The maximum Gasteiger partial charge on any atom is 0.173 e. The lowest BCUT2D eigenvalue weighted by Gasteiger charge is -1.85. The highest BCUT2D eigenvalue weighted by Gasteiger charge is 1.87. The molecule has 1 N–H and O–H groups in total. The number of H-pyrrole nitrogens is 1. The molecule has 1 heterocycles. The molecular formula is HN8. The van der Waals surface area contributed by atoms with Crippen molar-refractivity contribution in [3.8, 4) is 0 Å². The van der Waals surface area contributed by atoms with Gasteiger partial charge in [0.1, 0.15) is 10.4 Å². The largest absolute Gasteiger partial charge is 0.288 e. The second kappa shape index (κ2) is 1.91. The van der Waals surface area contributed by atoms with E-state index in [2.05, 4.69) is 31.6 Å². The zero-order chi connectivity index (χ0) is 5.82. The molecule has 0 aromatic carbocycles. The van der Waals surface area contributed by atoms with Crippen molar-refractivity contribution in [1.29, 1.82) is 0 Å². The number of nitrogens with one attached hydrogen (secondary N) is 1. The van der Waals surface area contributed by atoms with E-state index in [-0.39, 0.29) is 0 Å². The minimum atomic E-state index is 0.792. The molecule has 0 spiro atoms. The van der Waals surface area contributed by atoms with Crippen LogP contribution in [0.5, 0.6) is 0 Å². The van der Waals surface area contributed by atoms with Crippen LogP contribution in [-0.4, -0.2) is 20.9 Å². The highest BCUT2D eigenvalue weighted by molar-refractivity contribution is 3.96. The zero-order valence-corrected chi connectivity index (χ0v) is 3.63. The van der Waals surface area contributed by atoms with Gasteiger partial charge in [-0.3, -0.25) is 5.53 Å².